The zero-order valence-corrected chi connectivity index (χ0v) is 14.4. The third-order valence-electron chi connectivity index (χ3n) is 5.72. The Morgan fingerprint density at radius 3 is 2.83 bits per heavy atom. The Morgan fingerprint density at radius 1 is 1.17 bits per heavy atom. The van der Waals surface area contributed by atoms with Crippen molar-refractivity contribution < 1.29 is 4.79 Å². The number of carbonyl (C=O) groups excluding carboxylic acids is 1. The average Bonchev–Trinajstić information content (AvgIpc) is 3.13. The van der Waals surface area contributed by atoms with Crippen molar-refractivity contribution in [3.63, 3.8) is 0 Å². The Bertz CT molecular complexity index is 449. The van der Waals surface area contributed by atoms with Crippen molar-refractivity contribution in [2.45, 2.75) is 70.3 Å². The van der Waals surface area contributed by atoms with Gasteiger partial charge < -0.3 is 5.32 Å². The van der Waals surface area contributed by atoms with Crippen LogP contribution in [0.15, 0.2) is 23.8 Å². The van der Waals surface area contributed by atoms with Gasteiger partial charge in [-0.05, 0) is 43.6 Å². The minimum absolute atomic E-state index is 0.243. The number of rotatable bonds is 6. The van der Waals surface area contributed by atoms with E-state index in [1.807, 2.05) is 0 Å². The second kappa shape index (κ2) is 8.68. The first-order chi connectivity index (χ1) is 11.3. The monoisotopic (exact) mass is 316 g/mol. The molecule has 1 amide bonds. The van der Waals surface area contributed by atoms with Gasteiger partial charge in [0.2, 0.25) is 5.91 Å². The molecular weight excluding hydrogens is 284 g/mol. The maximum Gasteiger partial charge on any atom is 0.220 e. The molecule has 128 valence electrons. The van der Waals surface area contributed by atoms with E-state index in [9.17, 15) is 4.79 Å². The lowest BCUT2D eigenvalue weighted by atomic mass is 9.98. The van der Waals surface area contributed by atoms with Crippen molar-refractivity contribution in [3.05, 3.63) is 23.8 Å². The Hall–Kier alpha value is -1.09. The fourth-order valence-corrected chi connectivity index (χ4v) is 4.28. The first kappa shape index (κ1) is 16.8. The van der Waals surface area contributed by atoms with Crippen molar-refractivity contribution in [1.29, 1.82) is 0 Å². The number of nitrogens with zero attached hydrogens (tertiary/aromatic N) is 1. The van der Waals surface area contributed by atoms with Crippen molar-refractivity contribution in [2.24, 2.45) is 5.92 Å². The van der Waals surface area contributed by atoms with Crippen molar-refractivity contribution in [2.75, 3.05) is 19.6 Å². The molecule has 1 saturated carbocycles. The van der Waals surface area contributed by atoms with Crippen molar-refractivity contribution in [3.8, 4) is 0 Å². The van der Waals surface area contributed by atoms with Gasteiger partial charge in [-0.2, -0.15) is 0 Å². The number of amides is 1. The maximum absolute atomic E-state index is 12.1. The van der Waals surface area contributed by atoms with Gasteiger partial charge in [-0.3, -0.25) is 9.69 Å². The van der Waals surface area contributed by atoms with E-state index in [4.69, 9.17) is 0 Å². The van der Waals surface area contributed by atoms with Crippen LogP contribution >= 0.6 is 0 Å². The molecule has 1 atom stereocenters. The van der Waals surface area contributed by atoms with Crippen LogP contribution in [-0.4, -0.2) is 36.5 Å². The van der Waals surface area contributed by atoms with Crippen LogP contribution in [0.2, 0.25) is 0 Å². The summed E-state index contributed by atoms with van der Waals surface area (Å²) in [7, 11) is 0. The third kappa shape index (κ3) is 5.20. The molecule has 0 aromatic rings. The van der Waals surface area contributed by atoms with Gasteiger partial charge >= 0.3 is 0 Å². The lowest BCUT2D eigenvalue weighted by Crippen LogP contribution is -2.41. The lowest BCUT2D eigenvalue weighted by Gasteiger charge is -2.34. The van der Waals surface area contributed by atoms with Gasteiger partial charge in [-0.15, -0.1) is 0 Å². The number of hydrogen-bond acceptors (Lipinski definition) is 2. The summed E-state index contributed by atoms with van der Waals surface area (Å²) in [5, 5.41) is 3.15. The van der Waals surface area contributed by atoms with E-state index in [1.165, 1.54) is 50.5 Å². The zero-order chi connectivity index (χ0) is 15.9. The summed E-state index contributed by atoms with van der Waals surface area (Å²) >= 11 is 0. The summed E-state index contributed by atoms with van der Waals surface area (Å²) in [4.78, 5) is 14.6. The first-order valence-electron chi connectivity index (χ1n) is 9.66. The van der Waals surface area contributed by atoms with Crippen LogP contribution in [0.4, 0.5) is 0 Å². The summed E-state index contributed by atoms with van der Waals surface area (Å²) in [6.45, 7) is 2.93. The fraction of sp³-hybridized carbons (Fsp3) is 0.750. The summed E-state index contributed by atoms with van der Waals surface area (Å²) in [5.41, 5.74) is 1.39. The van der Waals surface area contributed by atoms with Crippen LogP contribution in [-0.2, 0) is 4.79 Å². The number of allylic oxidation sites excluding steroid dienone is 1. The molecule has 1 heterocycles. The highest BCUT2D eigenvalue weighted by atomic mass is 16.1. The molecule has 0 unspecified atom stereocenters. The summed E-state index contributed by atoms with van der Waals surface area (Å²) in [6, 6.07) is 0.616. The lowest BCUT2D eigenvalue weighted by molar-refractivity contribution is -0.121. The Morgan fingerprint density at radius 2 is 2.04 bits per heavy atom. The second-order valence-electron chi connectivity index (χ2n) is 7.51. The van der Waals surface area contributed by atoms with E-state index in [-0.39, 0.29) is 5.91 Å². The predicted octanol–water partition coefficient (Wildman–Crippen LogP) is 3.81. The molecule has 3 aliphatic rings. The molecule has 1 N–H and O–H groups in total. The molecule has 3 heteroatoms. The molecule has 0 bridgehead atoms. The van der Waals surface area contributed by atoms with E-state index in [0.29, 0.717) is 12.5 Å². The van der Waals surface area contributed by atoms with Crippen LogP contribution in [0.3, 0.4) is 0 Å². The quantitative estimate of drug-likeness (QED) is 0.756. The highest BCUT2D eigenvalue weighted by Crippen LogP contribution is 2.28. The molecule has 3 nitrogen and oxygen atoms in total. The standard InChI is InChI=1S/C20H32N2O/c23-20(13-12-17-7-4-5-8-17)21-15-18-9-6-14-22(16-18)19-10-2-1-3-11-19/h2,9-10,17,19H,1,3-8,11-16H2,(H,21,23)/t19-/m1/s1. The van der Waals surface area contributed by atoms with E-state index >= 15 is 0 Å². The Kier molecular flexibility index (Phi) is 6.32. The van der Waals surface area contributed by atoms with Gasteiger partial charge in [0.1, 0.15) is 0 Å². The van der Waals surface area contributed by atoms with Crippen LogP contribution in [0, 0.1) is 5.92 Å². The van der Waals surface area contributed by atoms with E-state index in [2.05, 4.69) is 28.4 Å². The molecule has 1 fully saturated rings. The van der Waals surface area contributed by atoms with Crippen LogP contribution in [0.25, 0.3) is 0 Å². The smallest absolute Gasteiger partial charge is 0.220 e. The molecular formula is C20H32N2O. The average molecular weight is 316 g/mol. The second-order valence-corrected chi connectivity index (χ2v) is 7.51. The van der Waals surface area contributed by atoms with Crippen molar-refractivity contribution >= 4 is 5.91 Å². The largest absolute Gasteiger partial charge is 0.352 e. The highest BCUT2D eigenvalue weighted by molar-refractivity contribution is 5.76. The predicted molar refractivity (Wildman–Crippen MR) is 95.3 cm³/mol. The molecule has 0 aromatic carbocycles. The summed E-state index contributed by atoms with van der Waals surface area (Å²) < 4.78 is 0. The van der Waals surface area contributed by atoms with E-state index in [1.54, 1.807) is 0 Å². The molecule has 0 aromatic heterocycles. The zero-order valence-electron chi connectivity index (χ0n) is 14.4. The Labute approximate surface area is 141 Å². The molecule has 1 aliphatic heterocycles. The van der Waals surface area contributed by atoms with Gasteiger partial charge in [0, 0.05) is 32.1 Å². The van der Waals surface area contributed by atoms with Crippen LogP contribution < -0.4 is 5.32 Å². The Balaban J connectivity index is 1.37. The number of carbonyl (C=O) groups is 1. The van der Waals surface area contributed by atoms with E-state index in [0.717, 1.165) is 38.4 Å². The van der Waals surface area contributed by atoms with Gasteiger partial charge in [0.15, 0.2) is 0 Å². The normalized spacial score (nSPS) is 26.3. The molecule has 3 rings (SSSR count). The number of hydrogen-bond donors (Lipinski definition) is 1. The SMILES string of the molecule is O=C(CCC1CCCC1)NCC1=CCCN([C@@H]2C=CCCC2)C1. The van der Waals surface area contributed by atoms with Gasteiger partial charge in [-0.25, -0.2) is 0 Å². The van der Waals surface area contributed by atoms with Gasteiger partial charge in [0.25, 0.3) is 0 Å². The maximum atomic E-state index is 12.1. The molecule has 0 saturated heterocycles. The topological polar surface area (TPSA) is 32.3 Å². The molecule has 2 aliphatic carbocycles. The minimum atomic E-state index is 0.243. The summed E-state index contributed by atoms with van der Waals surface area (Å²) in [5.74, 6) is 1.05. The molecule has 0 radical (unpaired) electrons. The highest BCUT2D eigenvalue weighted by Gasteiger charge is 2.21. The van der Waals surface area contributed by atoms with Gasteiger partial charge in [-0.1, -0.05) is 43.9 Å². The molecule has 23 heavy (non-hydrogen) atoms. The fourth-order valence-electron chi connectivity index (χ4n) is 4.28. The summed E-state index contributed by atoms with van der Waals surface area (Å²) in [6.07, 6.45) is 19.2. The van der Waals surface area contributed by atoms with Gasteiger partial charge in [0.05, 0.1) is 0 Å². The van der Waals surface area contributed by atoms with Crippen LogP contribution in [0.1, 0.15) is 64.2 Å². The van der Waals surface area contributed by atoms with E-state index < -0.39 is 0 Å². The molecule has 0 spiro atoms. The first-order valence-corrected chi connectivity index (χ1v) is 9.66. The van der Waals surface area contributed by atoms with Crippen LogP contribution in [0.5, 0.6) is 0 Å². The minimum Gasteiger partial charge on any atom is -0.352 e. The third-order valence-corrected chi connectivity index (χ3v) is 5.72. The number of nitrogens with one attached hydrogen (secondary N) is 1. The van der Waals surface area contributed by atoms with Crippen molar-refractivity contribution in [1.82, 2.24) is 10.2 Å².